The topological polar surface area (TPSA) is 66.5 Å². The Balaban J connectivity index is 1.82. The Labute approximate surface area is 162 Å². The second-order valence-electron chi connectivity index (χ2n) is 7.55. The summed E-state index contributed by atoms with van der Waals surface area (Å²) in [5, 5.41) is 0. The van der Waals surface area contributed by atoms with Crippen molar-refractivity contribution in [1.82, 2.24) is 4.72 Å². The predicted octanol–water partition coefficient (Wildman–Crippen LogP) is 3.27. The van der Waals surface area contributed by atoms with Gasteiger partial charge in [-0.1, -0.05) is 24.3 Å². The molecular formula is C21H28N2O3S. The normalized spacial score (nSPS) is 19.0. The van der Waals surface area contributed by atoms with E-state index in [1.165, 1.54) is 0 Å². The van der Waals surface area contributed by atoms with Gasteiger partial charge in [0, 0.05) is 25.2 Å². The molecule has 5 nitrogen and oxygen atoms in total. The molecule has 1 aliphatic carbocycles. The summed E-state index contributed by atoms with van der Waals surface area (Å²) in [6.07, 6.45) is 5.35. The lowest BCUT2D eigenvalue weighted by molar-refractivity contribution is -0.118. The van der Waals surface area contributed by atoms with Crippen LogP contribution in [0.4, 0.5) is 5.69 Å². The van der Waals surface area contributed by atoms with Crippen molar-refractivity contribution in [1.29, 1.82) is 0 Å². The van der Waals surface area contributed by atoms with Gasteiger partial charge in [0.25, 0.3) is 0 Å². The van der Waals surface area contributed by atoms with Gasteiger partial charge in [0.05, 0.1) is 5.75 Å². The molecule has 1 N–H and O–H groups in total. The molecule has 1 aromatic rings. The van der Waals surface area contributed by atoms with E-state index >= 15 is 0 Å². The zero-order valence-electron chi connectivity index (χ0n) is 16.3. The summed E-state index contributed by atoms with van der Waals surface area (Å²) in [6.45, 7) is 7.81. The van der Waals surface area contributed by atoms with Crippen LogP contribution in [0.25, 0.3) is 5.57 Å². The summed E-state index contributed by atoms with van der Waals surface area (Å²) < 4.78 is 26.9. The lowest BCUT2D eigenvalue weighted by atomic mass is 9.94. The van der Waals surface area contributed by atoms with Crippen LogP contribution in [-0.2, 0) is 21.2 Å². The molecule has 3 rings (SSSR count). The van der Waals surface area contributed by atoms with E-state index < -0.39 is 10.0 Å². The van der Waals surface area contributed by atoms with Gasteiger partial charge in [0.1, 0.15) is 0 Å². The largest absolute Gasteiger partial charge is 0.315 e. The Hall–Kier alpha value is -1.92. The van der Waals surface area contributed by atoms with Gasteiger partial charge in [-0.25, -0.2) is 13.1 Å². The highest BCUT2D eigenvalue weighted by Gasteiger charge is 2.34. The van der Waals surface area contributed by atoms with Crippen LogP contribution in [0.3, 0.4) is 0 Å². The second-order valence-corrected chi connectivity index (χ2v) is 9.59. The molecule has 0 spiro atoms. The van der Waals surface area contributed by atoms with Gasteiger partial charge < -0.3 is 4.90 Å². The maximum atomic E-state index is 12.0. The van der Waals surface area contributed by atoms with Crippen LogP contribution in [0.15, 0.2) is 36.4 Å². The molecule has 1 saturated carbocycles. The monoisotopic (exact) mass is 388 g/mol. The van der Waals surface area contributed by atoms with Gasteiger partial charge in [-0.15, -0.1) is 0 Å². The van der Waals surface area contributed by atoms with Gasteiger partial charge >= 0.3 is 0 Å². The molecule has 1 amide bonds. The Morgan fingerprint density at radius 3 is 2.70 bits per heavy atom. The highest BCUT2D eigenvalue weighted by molar-refractivity contribution is 7.89. The van der Waals surface area contributed by atoms with E-state index in [9.17, 15) is 13.2 Å². The molecule has 1 aromatic carbocycles. The molecule has 6 heteroatoms. The molecule has 1 aliphatic heterocycles. The van der Waals surface area contributed by atoms with Gasteiger partial charge in [0.2, 0.25) is 15.9 Å². The van der Waals surface area contributed by atoms with Gasteiger partial charge in [0.15, 0.2) is 0 Å². The second kappa shape index (κ2) is 7.60. The highest BCUT2D eigenvalue weighted by atomic mass is 32.2. The number of aryl methyl sites for hydroxylation is 1. The number of amides is 1. The number of carbonyl (C=O) groups excluding carboxylic acids is 1. The van der Waals surface area contributed by atoms with Crippen LogP contribution in [0.5, 0.6) is 0 Å². The Morgan fingerprint density at radius 1 is 1.37 bits per heavy atom. The number of anilines is 1. The van der Waals surface area contributed by atoms with E-state index in [1.54, 1.807) is 18.9 Å². The number of nitrogens with zero attached hydrogens (tertiary/aromatic N) is 1. The van der Waals surface area contributed by atoms with Gasteiger partial charge in [-0.05, 0) is 67.9 Å². The molecule has 0 bridgehead atoms. The first-order chi connectivity index (χ1) is 12.7. The number of carbonyl (C=O) groups is 1. The fourth-order valence-corrected chi connectivity index (χ4v) is 4.50. The van der Waals surface area contributed by atoms with Crippen LogP contribution in [-0.4, -0.2) is 33.2 Å². The molecule has 0 radical (unpaired) electrons. The molecule has 1 atom stereocenters. The molecular weight excluding hydrogens is 360 g/mol. The molecule has 1 heterocycles. The third kappa shape index (κ3) is 4.50. The van der Waals surface area contributed by atoms with Crippen LogP contribution < -0.4 is 9.62 Å². The molecule has 2 aliphatic rings. The van der Waals surface area contributed by atoms with E-state index in [0.29, 0.717) is 12.3 Å². The third-order valence-electron chi connectivity index (χ3n) is 5.47. The van der Waals surface area contributed by atoms with Crippen molar-refractivity contribution in [2.75, 3.05) is 17.7 Å². The number of nitrogens with one attached hydrogen (secondary N) is 1. The minimum atomic E-state index is -3.25. The zero-order valence-corrected chi connectivity index (χ0v) is 17.1. The Morgan fingerprint density at radius 2 is 2.07 bits per heavy atom. The maximum Gasteiger partial charge on any atom is 0.227 e. The van der Waals surface area contributed by atoms with Crippen LogP contribution in [0, 0.1) is 5.92 Å². The molecule has 0 aromatic heterocycles. The molecule has 0 saturated heterocycles. The highest BCUT2D eigenvalue weighted by Crippen LogP contribution is 2.37. The van der Waals surface area contributed by atoms with Crippen molar-refractivity contribution in [3.63, 3.8) is 0 Å². The number of sulfonamides is 1. The summed E-state index contributed by atoms with van der Waals surface area (Å²) in [5.41, 5.74) is 4.95. The fraction of sp³-hybridized carbons (Fsp3) is 0.476. The number of allylic oxidation sites excluding steroid dienone is 2. The average Bonchev–Trinajstić information content (AvgIpc) is 3.47. The Kier molecular flexibility index (Phi) is 5.58. The van der Waals surface area contributed by atoms with Crippen molar-refractivity contribution in [3.05, 3.63) is 47.6 Å². The van der Waals surface area contributed by atoms with Crippen LogP contribution in [0.2, 0.25) is 0 Å². The number of hydrogen-bond donors (Lipinski definition) is 1. The van der Waals surface area contributed by atoms with Crippen molar-refractivity contribution >= 4 is 27.2 Å². The van der Waals surface area contributed by atoms with Crippen molar-refractivity contribution in [3.8, 4) is 0 Å². The first-order valence-electron chi connectivity index (χ1n) is 9.49. The Bertz CT molecular complexity index is 898. The van der Waals surface area contributed by atoms with E-state index in [-0.39, 0.29) is 17.7 Å². The number of hydrogen-bond acceptors (Lipinski definition) is 3. The lowest BCUT2D eigenvalue weighted by Gasteiger charge is -2.26. The SMILES string of the molecule is C=C(C=C(C)C(NS(=O)(=O)CC)C1CC1)c1ccc2c(c1)CCC(=O)N2C. The van der Waals surface area contributed by atoms with Gasteiger partial charge in [-0.2, -0.15) is 0 Å². The third-order valence-corrected chi connectivity index (χ3v) is 6.84. The maximum absolute atomic E-state index is 12.0. The smallest absolute Gasteiger partial charge is 0.227 e. The quantitative estimate of drug-likeness (QED) is 0.729. The summed E-state index contributed by atoms with van der Waals surface area (Å²) in [7, 11) is -1.45. The lowest BCUT2D eigenvalue weighted by Crippen LogP contribution is -2.38. The van der Waals surface area contributed by atoms with Crippen molar-refractivity contribution in [2.24, 2.45) is 5.92 Å². The van der Waals surface area contributed by atoms with Crippen LogP contribution in [0.1, 0.15) is 44.2 Å². The van der Waals surface area contributed by atoms with Crippen molar-refractivity contribution < 1.29 is 13.2 Å². The average molecular weight is 389 g/mol. The molecule has 146 valence electrons. The van der Waals surface area contributed by atoms with Crippen molar-refractivity contribution in [2.45, 2.75) is 45.6 Å². The van der Waals surface area contributed by atoms with E-state index in [1.807, 2.05) is 25.1 Å². The summed E-state index contributed by atoms with van der Waals surface area (Å²) in [4.78, 5) is 13.6. The van der Waals surface area contributed by atoms with E-state index in [0.717, 1.165) is 47.2 Å². The van der Waals surface area contributed by atoms with Crippen LogP contribution >= 0.6 is 0 Å². The zero-order chi connectivity index (χ0) is 19.8. The predicted molar refractivity (Wildman–Crippen MR) is 110 cm³/mol. The minimum absolute atomic E-state index is 0.0848. The summed E-state index contributed by atoms with van der Waals surface area (Å²) in [5.74, 6) is 0.598. The summed E-state index contributed by atoms with van der Waals surface area (Å²) in [6, 6.07) is 5.87. The number of rotatable bonds is 7. The standard InChI is InChI=1S/C21H28N2O3S/c1-5-27(25,26)22-21(16-6-7-16)15(3)12-14(2)17-8-10-19-18(13-17)9-11-20(24)23(19)4/h8,10,12-13,16,21-22H,2,5-7,9,11H2,1,3-4H3. The first-order valence-corrected chi connectivity index (χ1v) is 11.1. The number of fused-ring (bicyclic) bond motifs is 1. The first kappa shape index (κ1) is 19.8. The molecule has 1 unspecified atom stereocenters. The van der Waals surface area contributed by atoms with E-state index in [2.05, 4.69) is 17.4 Å². The molecule has 1 fully saturated rings. The van der Waals surface area contributed by atoms with E-state index in [4.69, 9.17) is 0 Å². The van der Waals surface area contributed by atoms with Gasteiger partial charge in [-0.3, -0.25) is 4.79 Å². The summed E-state index contributed by atoms with van der Waals surface area (Å²) >= 11 is 0. The minimum Gasteiger partial charge on any atom is -0.315 e. The number of benzene rings is 1. The fourth-order valence-electron chi connectivity index (χ4n) is 3.57. The molecule has 27 heavy (non-hydrogen) atoms.